The van der Waals surface area contributed by atoms with Crippen LogP contribution in [0.3, 0.4) is 0 Å². The van der Waals surface area contributed by atoms with Crippen LogP contribution in [0.4, 0.5) is 0 Å². The fourth-order valence-electron chi connectivity index (χ4n) is 1.66. The summed E-state index contributed by atoms with van der Waals surface area (Å²) < 4.78 is 29.5. The first-order valence-electron chi connectivity index (χ1n) is 6.65. The zero-order chi connectivity index (χ0) is 14.9. The summed E-state index contributed by atoms with van der Waals surface area (Å²) in [4.78, 5) is 0. The average Bonchev–Trinajstić information content (AvgIpc) is 2.23. The monoisotopic (exact) mass is 296 g/mol. The number of aliphatic hydroxyl groups excluding tert-OH is 1. The highest BCUT2D eigenvalue weighted by Gasteiger charge is 2.09. The van der Waals surface area contributed by atoms with Crippen molar-refractivity contribution in [2.45, 2.75) is 39.4 Å². The minimum Gasteiger partial charge on any atom is -0.389 e. The molecule has 0 aromatic heterocycles. The Morgan fingerprint density at radius 3 is 2.37 bits per heavy atom. The lowest BCUT2D eigenvalue weighted by atomic mass is 10.1. The summed E-state index contributed by atoms with van der Waals surface area (Å²) in [7, 11) is -3.14. The van der Waals surface area contributed by atoms with Crippen LogP contribution in [0.25, 0.3) is 0 Å². The second kappa shape index (κ2) is 9.66. The van der Waals surface area contributed by atoms with Gasteiger partial charge in [0.15, 0.2) is 0 Å². The Labute approximate surface area is 117 Å². The molecule has 0 saturated heterocycles. The van der Waals surface area contributed by atoms with E-state index in [0.29, 0.717) is 32.2 Å². The van der Waals surface area contributed by atoms with Gasteiger partial charge in [0.25, 0.3) is 0 Å². The highest BCUT2D eigenvalue weighted by Crippen LogP contribution is 2.07. The molecular weight excluding hydrogens is 268 g/mol. The first kappa shape index (κ1) is 18.8. The summed E-state index contributed by atoms with van der Waals surface area (Å²) in [5.41, 5.74) is 0. The molecule has 3 N–H and O–H groups in total. The molecule has 0 bridgehead atoms. The van der Waals surface area contributed by atoms with E-state index in [-0.39, 0.29) is 6.10 Å². The minimum absolute atomic E-state index is 0.140. The van der Waals surface area contributed by atoms with Gasteiger partial charge in [-0.25, -0.2) is 13.1 Å². The second-order valence-corrected chi connectivity index (χ2v) is 7.13. The summed E-state index contributed by atoms with van der Waals surface area (Å²) in [6.45, 7) is 7.73. The van der Waals surface area contributed by atoms with E-state index in [1.165, 1.54) is 0 Å². The van der Waals surface area contributed by atoms with E-state index in [0.717, 1.165) is 12.7 Å². The maximum Gasteiger partial charge on any atom is 0.208 e. The van der Waals surface area contributed by atoms with Gasteiger partial charge in [0, 0.05) is 19.6 Å². The van der Waals surface area contributed by atoms with E-state index in [1.807, 2.05) is 6.92 Å². The molecule has 0 heterocycles. The number of nitrogens with one attached hydrogen (secondary N) is 2. The molecule has 0 aliphatic heterocycles. The minimum atomic E-state index is -3.14. The van der Waals surface area contributed by atoms with Crippen LogP contribution in [0.15, 0.2) is 0 Å². The molecule has 19 heavy (non-hydrogen) atoms. The number of hydrogen-bond donors (Lipinski definition) is 3. The Hall–Kier alpha value is -0.210. The van der Waals surface area contributed by atoms with Gasteiger partial charge < -0.3 is 15.2 Å². The van der Waals surface area contributed by atoms with E-state index < -0.39 is 16.1 Å². The fraction of sp³-hybridized carbons (Fsp3) is 1.00. The highest BCUT2D eigenvalue weighted by atomic mass is 32.2. The van der Waals surface area contributed by atoms with Crippen LogP contribution in [0.1, 0.15) is 27.2 Å². The van der Waals surface area contributed by atoms with Gasteiger partial charge in [-0.15, -0.1) is 0 Å². The van der Waals surface area contributed by atoms with Crippen molar-refractivity contribution in [1.29, 1.82) is 0 Å². The smallest absolute Gasteiger partial charge is 0.208 e. The van der Waals surface area contributed by atoms with Gasteiger partial charge in [-0.2, -0.15) is 0 Å². The first-order valence-corrected chi connectivity index (χ1v) is 8.55. The van der Waals surface area contributed by atoms with Crippen molar-refractivity contribution in [3.8, 4) is 0 Å². The molecular formula is C12H28N2O4S. The number of hydrogen-bond acceptors (Lipinski definition) is 5. The van der Waals surface area contributed by atoms with Crippen molar-refractivity contribution in [2.24, 2.45) is 5.92 Å². The Morgan fingerprint density at radius 1 is 1.21 bits per heavy atom. The third kappa shape index (κ3) is 14.0. The molecule has 0 aliphatic rings. The van der Waals surface area contributed by atoms with E-state index in [1.54, 1.807) is 0 Å². The second-order valence-electron chi connectivity index (χ2n) is 5.30. The van der Waals surface area contributed by atoms with Gasteiger partial charge in [-0.1, -0.05) is 13.8 Å². The highest BCUT2D eigenvalue weighted by molar-refractivity contribution is 7.88. The van der Waals surface area contributed by atoms with Crippen LogP contribution in [0.2, 0.25) is 0 Å². The molecule has 2 atom stereocenters. The molecule has 2 unspecified atom stereocenters. The lowest BCUT2D eigenvalue weighted by molar-refractivity contribution is -0.00836. The topological polar surface area (TPSA) is 87.7 Å². The Kier molecular flexibility index (Phi) is 9.55. The summed E-state index contributed by atoms with van der Waals surface area (Å²) >= 11 is 0. The van der Waals surface area contributed by atoms with Gasteiger partial charge in [-0.05, 0) is 19.3 Å². The van der Waals surface area contributed by atoms with Crippen molar-refractivity contribution >= 4 is 10.0 Å². The average molecular weight is 296 g/mol. The maximum atomic E-state index is 10.8. The van der Waals surface area contributed by atoms with Crippen molar-refractivity contribution in [3.05, 3.63) is 0 Å². The van der Waals surface area contributed by atoms with E-state index in [9.17, 15) is 13.5 Å². The van der Waals surface area contributed by atoms with Gasteiger partial charge >= 0.3 is 0 Å². The van der Waals surface area contributed by atoms with Crippen molar-refractivity contribution in [2.75, 3.05) is 32.5 Å². The van der Waals surface area contributed by atoms with Crippen LogP contribution >= 0.6 is 0 Å². The summed E-state index contributed by atoms with van der Waals surface area (Å²) in [6.07, 6.45) is 1.65. The Morgan fingerprint density at radius 2 is 1.84 bits per heavy atom. The molecule has 0 rings (SSSR count). The Bertz CT molecular complexity index is 320. The zero-order valence-electron chi connectivity index (χ0n) is 12.3. The molecule has 116 valence electrons. The third-order valence-electron chi connectivity index (χ3n) is 2.42. The van der Waals surface area contributed by atoms with Gasteiger partial charge in [-0.3, -0.25) is 0 Å². The molecule has 6 nitrogen and oxygen atoms in total. The van der Waals surface area contributed by atoms with Crippen LogP contribution < -0.4 is 10.0 Å². The van der Waals surface area contributed by atoms with Crippen molar-refractivity contribution in [1.82, 2.24) is 10.0 Å². The van der Waals surface area contributed by atoms with Crippen LogP contribution in [0.5, 0.6) is 0 Å². The first-order chi connectivity index (χ1) is 8.70. The number of aliphatic hydroxyl groups is 1. The standard InChI is InChI=1S/C12H28N2O4S/c1-10(2)7-11(3)18-9-12(15)8-13-5-6-14-19(4,16)17/h10-15H,5-9H2,1-4H3. The summed E-state index contributed by atoms with van der Waals surface area (Å²) in [5.74, 6) is 0.576. The molecule has 0 spiro atoms. The number of ether oxygens (including phenoxy) is 1. The van der Waals surface area contributed by atoms with Crippen molar-refractivity contribution in [3.63, 3.8) is 0 Å². The van der Waals surface area contributed by atoms with Crippen LogP contribution in [-0.2, 0) is 14.8 Å². The number of rotatable bonds is 11. The predicted molar refractivity (Wildman–Crippen MR) is 76.6 cm³/mol. The molecule has 0 saturated carbocycles. The van der Waals surface area contributed by atoms with Gasteiger partial charge in [0.1, 0.15) is 0 Å². The molecule has 0 amide bonds. The zero-order valence-corrected chi connectivity index (χ0v) is 13.2. The molecule has 0 aromatic carbocycles. The number of sulfonamides is 1. The van der Waals surface area contributed by atoms with Crippen LogP contribution in [-0.4, -0.2) is 58.2 Å². The Balaban J connectivity index is 3.52. The van der Waals surface area contributed by atoms with Crippen LogP contribution in [0, 0.1) is 5.92 Å². The SMILES string of the molecule is CC(C)CC(C)OCC(O)CNCCNS(C)(=O)=O. The molecule has 0 aromatic rings. The third-order valence-corrected chi connectivity index (χ3v) is 3.15. The lowest BCUT2D eigenvalue weighted by Gasteiger charge is -2.18. The summed E-state index contributed by atoms with van der Waals surface area (Å²) in [5, 5.41) is 12.6. The van der Waals surface area contributed by atoms with E-state index in [4.69, 9.17) is 4.74 Å². The largest absolute Gasteiger partial charge is 0.389 e. The normalized spacial score (nSPS) is 15.7. The maximum absolute atomic E-state index is 10.8. The van der Waals surface area contributed by atoms with Gasteiger partial charge in [0.2, 0.25) is 10.0 Å². The molecule has 7 heteroatoms. The molecule has 0 aliphatic carbocycles. The lowest BCUT2D eigenvalue weighted by Crippen LogP contribution is -2.36. The fourth-order valence-corrected chi connectivity index (χ4v) is 2.13. The summed E-state index contributed by atoms with van der Waals surface area (Å²) in [6, 6.07) is 0. The van der Waals surface area contributed by atoms with E-state index in [2.05, 4.69) is 23.9 Å². The quantitative estimate of drug-likeness (QED) is 0.465. The predicted octanol–water partition coefficient (Wildman–Crippen LogP) is -0.0627. The van der Waals surface area contributed by atoms with E-state index >= 15 is 0 Å². The molecule has 0 radical (unpaired) electrons. The van der Waals surface area contributed by atoms with Crippen molar-refractivity contribution < 1.29 is 18.3 Å². The van der Waals surface area contributed by atoms with Gasteiger partial charge in [0.05, 0.1) is 25.1 Å². The molecule has 0 fully saturated rings.